The van der Waals surface area contributed by atoms with E-state index in [1.54, 1.807) is 6.07 Å². The molecule has 1 aliphatic carbocycles. The van der Waals surface area contributed by atoms with Gasteiger partial charge in [-0.25, -0.2) is 0 Å². The van der Waals surface area contributed by atoms with E-state index in [2.05, 4.69) is 15.5 Å². The maximum atomic E-state index is 12.2. The number of amides is 1. The number of thiophene rings is 1. The number of hydrogen-bond acceptors (Lipinski definition) is 6. The lowest BCUT2D eigenvalue weighted by Crippen LogP contribution is -2.44. The highest BCUT2D eigenvalue weighted by Gasteiger charge is 2.35. The lowest BCUT2D eigenvalue weighted by Gasteiger charge is -2.35. The minimum atomic E-state index is -0.114. The average Bonchev–Trinajstić information content (AvgIpc) is 3.16. The SMILES string of the molecule is CCn1c(CO)nnc1C1CC(NC(=O)Cc2csc(C(C)=O)c2)C1. The van der Waals surface area contributed by atoms with E-state index in [1.807, 2.05) is 16.9 Å². The number of aromatic nitrogens is 3. The second-order valence-electron chi connectivity index (χ2n) is 6.36. The molecule has 2 aromatic heterocycles. The zero-order valence-corrected chi connectivity index (χ0v) is 15.2. The van der Waals surface area contributed by atoms with Gasteiger partial charge < -0.3 is 15.0 Å². The Balaban J connectivity index is 1.50. The van der Waals surface area contributed by atoms with Crippen LogP contribution in [0.25, 0.3) is 0 Å². The summed E-state index contributed by atoms with van der Waals surface area (Å²) in [6.07, 6.45) is 1.96. The molecule has 0 atom stereocenters. The molecule has 1 amide bonds. The first-order valence-electron chi connectivity index (χ1n) is 8.42. The highest BCUT2D eigenvalue weighted by atomic mass is 32.1. The van der Waals surface area contributed by atoms with Crippen LogP contribution in [-0.2, 0) is 24.4 Å². The van der Waals surface area contributed by atoms with Crippen LogP contribution in [-0.4, -0.2) is 37.6 Å². The molecule has 7 nitrogen and oxygen atoms in total. The summed E-state index contributed by atoms with van der Waals surface area (Å²) in [6.45, 7) is 4.14. The first kappa shape index (κ1) is 17.8. The molecule has 0 bridgehead atoms. The van der Waals surface area contributed by atoms with Crippen molar-refractivity contribution in [2.75, 3.05) is 0 Å². The summed E-state index contributed by atoms with van der Waals surface area (Å²) in [5.41, 5.74) is 0.877. The van der Waals surface area contributed by atoms with Gasteiger partial charge in [-0.1, -0.05) is 0 Å². The fraction of sp³-hybridized carbons (Fsp3) is 0.529. The van der Waals surface area contributed by atoms with E-state index in [0.29, 0.717) is 17.1 Å². The molecule has 3 rings (SSSR count). The van der Waals surface area contributed by atoms with Crippen LogP contribution in [0.3, 0.4) is 0 Å². The number of rotatable bonds is 7. The molecule has 1 saturated carbocycles. The van der Waals surface area contributed by atoms with Crippen molar-refractivity contribution < 1.29 is 14.7 Å². The Kier molecular flexibility index (Phi) is 5.29. The van der Waals surface area contributed by atoms with Crippen molar-refractivity contribution in [2.45, 2.75) is 58.2 Å². The van der Waals surface area contributed by atoms with Crippen LogP contribution in [0.5, 0.6) is 0 Å². The Morgan fingerprint density at radius 1 is 1.40 bits per heavy atom. The molecule has 0 aromatic carbocycles. The van der Waals surface area contributed by atoms with Gasteiger partial charge in [0, 0.05) is 18.5 Å². The summed E-state index contributed by atoms with van der Waals surface area (Å²) in [4.78, 5) is 24.1. The molecule has 2 aromatic rings. The second kappa shape index (κ2) is 7.45. The lowest BCUT2D eigenvalue weighted by molar-refractivity contribution is -0.121. The van der Waals surface area contributed by atoms with E-state index < -0.39 is 0 Å². The van der Waals surface area contributed by atoms with Gasteiger partial charge in [0.15, 0.2) is 11.6 Å². The quantitative estimate of drug-likeness (QED) is 0.730. The van der Waals surface area contributed by atoms with E-state index in [-0.39, 0.29) is 30.3 Å². The van der Waals surface area contributed by atoms with Crippen molar-refractivity contribution in [3.8, 4) is 0 Å². The van der Waals surface area contributed by atoms with Crippen LogP contribution in [0.15, 0.2) is 11.4 Å². The summed E-state index contributed by atoms with van der Waals surface area (Å²) >= 11 is 1.38. The average molecular weight is 362 g/mol. The predicted octanol–water partition coefficient (Wildman–Crippen LogP) is 1.66. The van der Waals surface area contributed by atoms with Crippen LogP contribution in [0.4, 0.5) is 0 Å². The second-order valence-corrected chi connectivity index (χ2v) is 7.27. The smallest absolute Gasteiger partial charge is 0.224 e. The molecule has 1 aliphatic rings. The lowest BCUT2D eigenvalue weighted by atomic mass is 9.79. The van der Waals surface area contributed by atoms with Gasteiger partial charge in [0.1, 0.15) is 12.4 Å². The van der Waals surface area contributed by atoms with Crippen LogP contribution >= 0.6 is 11.3 Å². The molecule has 25 heavy (non-hydrogen) atoms. The van der Waals surface area contributed by atoms with Gasteiger partial charge in [-0.2, -0.15) is 0 Å². The first-order valence-corrected chi connectivity index (χ1v) is 9.30. The maximum Gasteiger partial charge on any atom is 0.224 e. The third-order valence-corrected chi connectivity index (χ3v) is 5.63. The fourth-order valence-corrected chi connectivity index (χ4v) is 3.99. The molecule has 8 heteroatoms. The van der Waals surface area contributed by atoms with Gasteiger partial charge in [0.05, 0.1) is 11.3 Å². The molecule has 2 N–H and O–H groups in total. The monoisotopic (exact) mass is 362 g/mol. The minimum absolute atomic E-state index is 0.0237. The summed E-state index contributed by atoms with van der Waals surface area (Å²) in [6, 6.07) is 1.93. The molecule has 1 fully saturated rings. The van der Waals surface area contributed by atoms with Crippen LogP contribution < -0.4 is 5.32 Å². The van der Waals surface area contributed by atoms with Gasteiger partial charge in [-0.3, -0.25) is 9.59 Å². The highest BCUT2D eigenvalue weighted by molar-refractivity contribution is 7.12. The van der Waals surface area contributed by atoms with Crippen molar-refractivity contribution in [3.63, 3.8) is 0 Å². The number of hydrogen-bond donors (Lipinski definition) is 2. The van der Waals surface area contributed by atoms with Crippen molar-refractivity contribution in [1.82, 2.24) is 20.1 Å². The van der Waals surface area contributed by atoms with Crippen LogP contribution in [0.1, 0.15) is 59.5 Å². The zero-order valence-electron chi connectivity index (χ0n) is 14.4. The summed E-state index contributed by atoms with van der Waals surface area (Å²) in [5, 5.41) is 22.4. The zero-order chi connectivity index (χ0) is 18.0. The topological polar surface area (TPSA) is 97.1 Å². The molecular weight excluding hydrogens is 340 g/mol. The van der Waals surface area contributed by atoms with E-state index in [1.165, 1.54) is 18.3 Å². The molecular formula is C17H22N4O3S. The van der Waals surface area contributed by atoms with E-state index >= 15 is 0 Å². The number of carbonyl (C=O) groups excluding carboxylic acids is 2. The first-order chi connectivity index (χ1) is 12.0. The molecule has 0 spiro atoms. The van der Waals surface area contributed by atoms with Gasteiger partial charge in [-0.15, -0.1) is 21.5 Å². The Morgan fingerprint density at radius 2 is 2.16 bits per heavy atom. The number of ketones is 1. The van der Waals surface area contributed by atoms with E-state index in [4.69, 9.17) is 0 Å². The predicted molar refractivity (Wildman–Crippen MR) is 93.6 cm³/mol. The minimum Gasteiger partial charge on any atom is -0.388 e. The third-order valence-electron chi connectivity index (χ3n) is 4.55. The standard InChI is InChI=1S/C17H22N4O3S/c1-3-21-15(8-22)19-20-17(21)12-6-13(7-12)18-16(24)5-11-4-14(10(2)23)25-9-11/h4,9,12-13,22H,3,5-8H2,1-2H3,(H,18,24). The normalized spacial score (nSPS) is 19.5. The van der Waals surface area contributed by atoms with Crippen molar-refractivity contribution in [2.24, 2.45) is 0 Å². The van der Waals surface area contributed by atoms with Crippen LogP contribution in [0.2, 0.25) is 0 Å². The largest absolute Gasteiger partial charge is 0.388 e. The number of nitrogens with zero attached hydrogens (tertiary/aromatic N) is 3. The summed E-state index contributed by atoms with van der Waals surface area (Å²) in [5.74, 6) is 1.75. The number of nitrogens with one attached hydrogen (secondary N) is 1. The van der Waals surface area contributed by atoms with Crippen molar-refractivity contribution >= 4 is 23.0 Å². The van der Waals surface area contributed by atoms with E-state index in [0.717, 1.165) is 30.8 Å². The number of aliphatic hydroxyl groups is 1. The number of aliphatic hydroxyl groups excluding tert-OH is 1. The van der Waals surface area contributed by atoms with Gasteiger partial charge in [-0.05, 0) is 43.7 Å². The van der Waals surface area contributed by atoms with Gasteiger partial charge >= 0.3 is 0 Å². The Bertz CT molecular complexity index is 777. The summed E-state index contributed by atoms with van der Waals surface area (Å²) < 4.78 is 1.94. The number of Topliss-reactive ketones (excluding diaryl/α,β-unsaturated/α-hetero) is 1. The molecule has 0 aliphatic heterocycles. The summed E-state index contributed by atoms with van der Waals surface area (Å²) in [7, 11) is 0. The van der Waals surface area contributed by atoms with Crippen molar-refractivity contribution in [1.29, 1.82) is 0 Å². The van der Waals surface area contributed by atoms with Gasteiger partial charge in [0.2, 0.25) is 5.91 Å². The van der Waals surface area contributed by atoms with Crippen LogP contribution in [0, 0.1) is 0 Å². The molecule has 0 unspecified atom stereocenters. The Hall–Kier alpha value is -2.06. The molecule has 134 valence electrons. The fourth-order valence-electron chi connectivity index (χ4n) is 3.18. The molecule has 0 radical (unpaired) electrons. The van der Waals surface area contributed by atoms with E-state index in [9.17, 15) is 14.7 Å². The Morgan fingerprint density at radius 3 is 2.76 bits per heavy atom. The van der Waals surface area contributed by atoms with Crippen molar-refractivity contribution in [3.05, 3.63) is 33.5 Å². The van der Waals surface area contributed by atoms with Gasteiger partial charge in [0.25, 0.3) is 0 Å². The third kappa shape index (κ3) is 3.80. The molecule has 2 heterocycles. The maximum absolute atomic E-state index is 12.2. The Labute approximate surface area is 150 Å². The number of carbonyl (C=O) groups is 2. The highest BCUT2D eigenvalue weighted by Crippen LogP contribution is 2.36. The molecule has 0 saturated heterocycles.